The third kappa shape index (κ3) is 6.61. The van der Waals surface area contributed by atoms with Crippen LogP contribution in [0.1, 0.15) is 12.8 Å². The molecule has 0 aliphatic carbocycles. The van der Waals surface area contributed by atoms with Gasteiger partial charge in [-0.3, -0.25) is 9.69 Å². The molecule has 0 aromatic heterocycles. The van der Waals surface area contributed by atoms with Gasteiger partial charge in [-0.1, -0.05) is 0 Å². The van der Waals surface area contributed by atoms with Gasteiger partial charge in [-0.2, -0.15) is 8.42 Å². The molecule has 4 N–H and O–H groups in total. The van der Waals surface area contributed by atoms with Crippen LogP contribution in [0.5, 0.6) is 0 Å². The molecule has 1 aliphatic heterocycles. The van der Waals surface area contributed by atoms with Crippen LogP contribution in [0.2, 0.25) is 0 Å². The monoisotopic (exact) mass is 344 g/mol. The lowest BCUT2D eigenvalue weighted by Crippen LogP contribution is -2.44. The molecular weight excluding hydrogens is 323 g/mol. The maximum atomic E-state index is 12.8. The van der Waals surface area contributed by atoms with Crippen molar-refractivity contribution >= 4 is 21.8 Å². The number of piperidine rings is 1. The fourth-order valence-corrected chi connectivity index (χ4v) is 3.10. The van der Waals surface area contributed by atoms with E-state index in [1.54, 1.807) is 0 Å². The number of hydrogen-bond acceptors (Lipinski definition) is 4. The number of rotatable bonds is 6. The van der Waals surface area contributed by atoms with Crippen LogP contribution < -0.4 is 15.2 Å². The minimum atomic E-state index is -3.69. The number of carbonyl (C=O) groups excluding carboxylic acids is 1. The Hall–Kier alpha value is -1.55. The molecule has 1 aromatic carbocycles. The van der Waals surface area contributed by atoms with Crippen molar-refractivity contribution in [1.82, 2.24) is 9.62 Å². The van der Waals surface area contributed by atoms with Gasteiger partial charge < -0.3 is 5.32 Å². The number of anilines is 1. The van der Waals surface area contributed by atoms with Crippen molar-refractivity contribution in [1.29, 1.82) is 0 Å². The van der Waals surface area contributed by atoms with Crippen molar-refractivity contribution < 1.29 is 17.6 Å². The summed E-state index contributed by atoms with van der Waals surface area (Å²) in [6.45, 7) is 1.89. The molecule has 0 spiro atoms. The summed E-state index contributed by atoms with van der Waals surface area (Å²) >= 11 is 0. The van der Waals surface area contributed by atoms with Crippen molar-refractivity contribution in [2.45, 2.75) is 12.8 Å². The van der Waals surface area contributed by atoms with Crippen LogP contribution in [-0.2, 0) is 15.0 Å². The van der Waals surface area contributed by atoms with Crippen LogP contribution in [0.4, 0.5) is 10.1 Å². The van der Waals surface area contributed by atoms with E-state index in [0.29, 0.717) is 12.2 Å². The van der Waals surface area contributed by atoms with Gasteiger partial charge in [0.05, 0.1) is 6.54 Å². The summed E-state index contributed by atoms with van der Waals surface area (Å²) in [7, 11) is -3.69. The highest BCUT2D eigenvalue weighted by Crippen LogP contribution is 2.16. The second-order valence-electron chi connectivity index (χ2n) is 5.69. The molecule has 1 aromatic rings. The summed E-state index contributed by atoms with van der Waals surface area (Å²) in [6, 6.07) is 5.57. The van der Waals surface area contributed by atoms with Crippen molar-refractivity contribution in [3.05, 3.63) is 30.1 Å². The Morgan fingerprint density at radius 3 is 2.70 bits per heavy atom. The predicted octanol–water partition coefficient (Wildman–Crippen LogP) is 0.269. The van der Waals surface area contributed by atoms with Crippen LogP contribution in [0.3, 0.4) is 0 Å². The third-order valence-corrected chi connectivity index (χ3v) is 4.24. The van der Waals surface area contributed by atoms with E-state index >= 15 is 0 Å². The molecule has 1 aliphatic rings. The van der Waals surface area contributed by atoms with E-state index in [-0.39, 0.29) is 30.7 Å². The first-order valence-electron chi connectivity index (χ1n) is 7.37. The number of amides is 1. The van der Waals surface area contributed by atoms with E-state index in [4.69, 9.17) is 5.14 Å². The second kappa shape index (κ2) is 7.82. The molecule has 0 unspecified atom stereocenters. The molecule has 7 nitrogen and oxygen atoms in total. The summed E-state index contributed by atoms with van der Waals surface area (Å²) in [5.41, 5.74) is 0.542. The third-order valence-electron chi connectivity index (χ3n) is 3.67. The number of likely N-dealkylation sites (tertiary alicyclic amines) is 1. The number of benzene rings is 1. The highest BCUT2D eigenvalue weighted by molar-refractivity contribution is 7.87. The Labute approximate surface area is 135 Å². The van der Waals surface area contributed by atoms with Gasteiger partial charge in [0.1, 0.15) is 5.82 Å². The van der Waals surface area contributed by atoms with Crippen LogP contribution in [0.15, 0.2) is 24.3 Å². The Morgan fingerprint density at radius 2 is 2.04 bits per heavy atom. The molecule has 1 saturated heterocycles. The molecule has 23 heavy (non-hydrogen) atoms. The number of nitrogens with one attached hydrogen (secondary N) is 2. The minimum absolute atomic E-state index is 0.126. The molecule has 128 valence electrons. The Bertz CT molecular complexity index is 636. The number of nitrogens with zero attached hydrogens (tertiary/aromatic N) is 1. The first-order valence-corrected chi connectivity index (χ1v) is 8.91. The zero-order chi connectivity index (χ0) is 16.9. The van der Waals surface area contributed by atoms with Crippen LogP contribution in [0.25, 0.3) is 0 Å². The SMILES string of the molecule is NS(=O)(=O)NC[C@@H]1CCCN(CC(=O)Nc2ccc(F)cc2)C1. The van der Waals surface area contributed by atoms with Gasteiger partial charge in [0.15, 0.2) is 0 Å². The summed E-state index contributed by atoms with van der Waals surface area (Å²) in [5.74, 6) is -0.415. The second-order valence-corrected chi connectivity index (χ2v) is 7.07. The van der Waals surface area contributed by atoms with E-state index < -0.39 is 10.2 Å². The van der Waals surface area contributed by atoms with Crippen molar-refractivity contribution in [3.63, 3.8) is 0 Å². The quantitative estimate of drug-likeness (QED) is 0.689. The van der Waals surface area contributed by atoms with E-state index in [1.807, 2.05) is 4.90 Å². The first kappa shape index (κ1) is 17.8. The fourth-order valence-electron chi connectivity index (χ4n) is 2.63. The Morgan fingerprint density at radius 1 is 1.35 bits per heavy atom. The topological polar surface area (TPSA) is 105 Å². The maximum absolute atomic E-state index is 12.8. The molecule has 0 bridgehead atoms. The van der Waals surface area contributed by atoms with Crippen LogP contribution in [-0.4, -0.2) is 45.4 Å². The standard InChI is InChI=1S/C14H21FN4O3S/c15-12-3-5-13(6-4-12)18-14(20)10-19-7-1-2-11(9-19)8-17-23(16,21)22/h3-6,11,17H,1-2,7-10H2,(H,18,20)(H2,16,21,22)/t11-/m0/s1. The molecule has 0 radical (unpaired) electrons. The average molecular weight is 344 g/mol. The fraction of sp³-hybridized carbons (Fsp3) is 0.500. The predicted molar refractivity (Wildman–Crippen MR) is 85.3 cm³/mol. The molecule has 2 rings (SSSR count). The lowest BCUT2D eigenvalue weighted by Gasteiger charge is -2.32. The molecular formula is C14H21FN4O3S. The largest absolute Gasteiger partial charge is 0.325 e. The van der Waals surface area contributed by atoms with Gasteiger partial charge in [0, 0.05) is 18.8 Å². The first-order chi connectivity index (χ1) is 10.8. The lowest BCUT2D eigenvalue weighted by molar-refractivity contribution is -0.117. The lowest BCUT2D eigenvalue weighted by atomic mass is 9.98. The highest BCUT2D eigenvalue weighted by Gasteiger charge is 2.22. The van der Waals surface area contributed by atoms with Crippen molar-refractivity contribution in [2.24, 2.45) is 11.1 Å². The smallest absolute Gasteiger partial charge is 0.274 e. The average Bonchev–Trinajstić information content (AvgIpc) is 2.47. The van der Waals surface area contributed by atoms with Gasteiger partial charge in [-0.25, -0.2) is 14.3 Å². The number of carbonyl (C=O) groups is 1. The van der Waals surface area contributed by atoms with Gasteiger partial charge in [0.25, 0.3) is 10.2 Å². The van der Waals surface area contributed by atoms with Crippen molar-refractivity contribution in [3.8, 4) is 0 Å². The molecule has 1 heterocycles. The minimum Gasteiger partial charge on any atom is -0.325 e. The number of hydrogen-bond donors (Lipinski definition) is 3. The zero-order valence-electron chi connectivity index (χ0n) is 12.7. The Balaban J connectivity index is 1.80. The maximum Gasteiger partial charge on any atom is 0.274 e. The van der Waals surface area contributed by atoms with Crippen LogP contribution >= 0.6 is 0 Å². The zero-order valence-corrected chi connectivity index (χ0v) is 13.5. The normalized spacial score (nSPS) is 19.5. The van der Waals surface area contributed by atoms with Gasteiger partial charge in [-0.05, 0) is 49.6 Å². The van der Waals surface area contributed by atoms with Crippen LogP contribution in [0, 0.1) is 11.7 Å². The summed E-state index contributed by atoms with van der Waals surface area (Å²) in [5, 5.41) is 7.63. The van der Waals surface area contributed by atoms with E-state index in [2.05, 4.69) is 10.0 Å². The van der Waals surface area contributed by atoms with E-state index in [9.17, 15) is 17.6 Å². The Kier molecular flexibility index (Phi) is 6.05. The van der Waals surface area contributed by atoms with E-state index in [1.165, 1.54) is 24.3 Å². The van der Waals surface area contributed by atoms with Gasteiger partial charge in [0.2, 0.25) is 5.91 Å². The van der Waals surface area contributed by atoms with Crippen molar-refractivity contribution in [2.75, 3.05) is 31.5 Å². The molecule has 9 heteroatoms. The molecule has 1 atom stereocenters. The number of nitrogens with two attached hydrogens (primary N) is 1. The molecule has 1 amide bonds. The highest BCUT2D eigenvalue weighted by atomic mass is 32.2. The summed E-state index contributed by atoms with van der Waals surface area (Å²) in [4.78, 5) is 14.0. The van der Waals surface area contributed by atoms with E-state index in [0.717, 1.165) is 19.4 Å². The molecule has 0 saturated carbocycles. The van der Waals surface area contributed by atoms with Gasteiger partial charge >= 0.3 is 0 Å². The number of halogens is 1. The molecule has 1 fully saturated rings. The summed E-state index contributed by atoms with van der Waals surface area (Å²) in [6.07, 6.45) is 1.78. The summed E-state index contributed by atoms with van der Waals surface area (Å²) < 4.78 is 37.0. The van der Waals surface area contributed by atoms with Gasteiger partial charge in [-0.15, -0.1) is 0 Å².